The van der Waals surface area contributed by atoms with E-state index in [4.69, 9.17) is 4.52 Å². The Hall–Kier alpha value is -2.59. The third-order valence-electron chi connectivity index (χ3n) is 7.38. The zero-order valence-electron chi connectivity index (χ0n) is 20.8. The highest BCUT2D eigenvalue weighted by Crippen LogP contribution is 2.46. The molecule has 3 atom stereocenters. The Labute approximate surface area is 215 Å². The fourth-order valence-electron chi connectivity index (χ4n) is 5.25. The summed E-state index contributed by atoms with van der Waals surface area (Å²) in [5, 5.41) is 15.4. The van der Waals surface area contributed by atoms with Gasteiger partial charge in [0.15, 0.2) is 0 Å². The molecule has 0 radical (unpaired) electrons. The normalized spacial score (nSPS) is 26.3. The molecule has 5 rings (SSSR count). The third kappa shape index (κ3) is 6.46. The van der Waals surface area contributed by atoms with E-state index >= 15 is 0 Å². The molecule has 1 amide bonds. The molecule has 3 unspecified atom stereocenters. The van der Waals surface area contributed by atoms with Crippen LogP contribution < -0.4 is 15.5 Å². The Kier molecular flexibility index (Phi) is 7.49. The third-order valence-corrected chi connectivity index (χ3v) is 8.07. The SMILES string of the molecule is CP(=O)(O)OC1CCC(NC(=O)c2cnc(N3CC4CC4C3)nc2NCc2ccc(CO)c(F)c2)CC1. The number of rotatable bonds is 9. The average molecular weight is 534 g/mol. The molecule has 0 bridgehead atoms. The molecule has 2 aromatic rings. The molecule has 37 heavy (non-hydrogen) atoms. The number of hydrogen-bond donors (Lipinski definition) is 4. The zero-order valence-corrected chi connectivity index (χ0v) is 21.7. The first kappa shape index (κ1) is 26.0. The minimum absolute atomic E-state index is 0.0966. The van der Waals surface area contributed by atoms with E-state index in [-0.39, 0.29) is 36.8 Å². The largest absolute Gasteiger partial charge is 0.392 e. The standard InChI is InChI=1S/C25H33FN5O5P/c1-37(34,35)36-20-6-4-19(5-7-20)29-24(33)21-11-28-25(31-12-17-9-18(17)13-31)30-23(21)27-10-15-2-3-16(14-32)22(26)8-15/h2-3,8,11,17-20,32H,4-7,9-10,12-14H2,1H3,(H,29,33)(H,34,35)(H,27,28,30). The van der Waals surface area contributed by atoms with Gasteiger partial charge in [-0.15, -0.1) is 0 Å². The van der Waals surface area contributed by atoms with Gasteiger partial charge in [0.1, 0.15) is 17.2 Å². The Morgan fingerprint density at radius 2 is 1.97 bits per heavy atom. The van der Waals surface area contributed by atoms with Crippen molar-refractivity contribution >= 4 is 25.3 Å². The lowest BCUT2D eigenvalue weighted by Gasteiger charge is -2.29. The minimum atomic E-state index is -3.54. The maximum Gasteiger partial charge on any atom is 0.325 e. The van der Waals surface area contributed by atoms with E-state index in [1.165, 1.54) is 31.4 Å². The van der Waals surface area contributed by atoms with Crippen LogP contribution in [-0.4, -0.2) is 57.8 Å². The van der Waals surface area contributed by atoms with Crippen LogP contribution in [0.2, 0.25) is 0 Å². The van der Waals surface area contributed by atoms with E-state index in [9.17, 15) is 23.7 Å². The van der Waals surface area contributed by atoms with Gasteiger partial charge in [-0.25, -0.2) is 9.37 Å². The second-order valence-corrected chi connectivity index (χ2v) is 12.2. The number of hydrogen-bond acceptors (Lipinski definition) is 8. The lowest BCUT2D eigenvalue weighted by Crippen LogP contribution is -2.39. The Bertz CT molecular complexity index is 1190. The highest BCUT2D eigenvalue weighted by molar-refractivity contribution is 7.51. The van der Waals surface area contributed by atoms with Crippen LogP contribution in [0, 0.1) is 17.7 Å². The van der Waals surface area contributed by atoms with Gasteiger partial charge in [-0.2, -0.15) is 4.98 Å². The van der Waals surface area contributed by atoms with Crippen molar-refractivity contribution in [3.05, 3.63) is 46.9 Å². The molecule has 4 N–H and O–H groups in total. The number of aliphatic hydroxyl groups excluding tert-OH is 1. The van der Waals surface area contributed by atoms with Crippen LogP contribution in [0.1, 0.15) is 53.6 Å². The quantitative estimate of drug-likeness (QED) is 0.359. The molecule has 3 fully saturated rings. The van der Waals surface area contributed by atoms with E-state index in [1.807, 2.05) is 0 Å². The van der Waals surface area contributed by atoms with Crippen molar-refractivity contribution in [3.8, 4) is 0 Å². The number of benzene rings is 1. The van der Waals surface area contributed by atoms with Crippen molar-refractivity contribution in [2.75, 3.05) is 30.0 Å². The molecule has 1 aromatic carbocycles. The molecule has 2 heterocycles. The number of fused-ring (bicyclic) bond motifs is 1. The van der Waals surface area contributed by atoms with Crippen LogP contribution in [0.25, 0.3) is 0 Å². The summed E-state index contributed by atoms with van der Waals surface area (Å²) < 4.78 is 30.9. The summed E-state index contributed by atoms with van der Waals surface area (Å²) in [5.74, 6) is 1.54. The number of halogens is 1. The fourth-order valence-corrected chi connectivity index (χ4v) is 6.02. The van der Waals surface area contributed by atoms with E-state index in [0.717, 1.165) is 13.1 Å². The highest BCUT2D eigenvalue weighted by atomic mass is 31.2. The molecular weight excluding hydrogens is 500 g/mol. The number of carbonyl (C=O) groups excluding carboxylic acids is 1. The lowest BCUT2D eigenvalue weighted by atomic mass is 9.93. The number of anilines is 2. The van der Waals surface area contributed by atoms with Gasteiger partial charge in [0.25, 0.3) is 5.91 Å². The van der Waals surface area contributed by atoms with Gasteiger partial charge in [-0.3, -0.25) is 9.36 Å². The van der Waals surface area contributed by atoms with Gasteiger partial charge in [0, 0.05) is 44.1 Å². The summed E-state index contributed by atoms with van der Waals surface area (Å²) in [4.78, 5) is 34.0. The Balaban J connectivity index is 1.28. The smallest absolute Gasteiger partial charge is 0.325 e. The number of aromatic nitrogens is 2. The predicted octanol–water partition coefficient (Wildman–Crippen LogP) is 3.05. The van der Waals surface area contributed by atoms with Crippen LogP contribution in [0.5, 0.6) is 0 Å². The predicted molar refractivity (Wildman–Crippen MR) is 136 cm³/mol. The molecule has 1 aliphatic heterocycles. The van der Waals surface area contributed by atoms with Crippen molar-refractivity contribution < 1.29 is 28.3 Å². The van der Waals surface area contributed by atoms with Crippen molar-refractivity contribution in [2.24, 2.45) is 11.8 Å². The minimum Gasteiger partial charge on any atom is -0.392 e. The highest BCUT2D eigenvalue weighted by Gasteiger charge is 2.46. The lowest BCUT2D eigenvalue weighted by molar-refractivity contribution is 0.0881. The summed E-state index contributed by atoms with van der Waals surface area (Å²) in [5.41, 5.74) is 1.17. The van der Waals surface area contributed by atoms with Gasteiger partial charge < -0.3 is 30.1 Å². The van der Waals surface area contributed by atoms with Crippen molar-refractivity contribution in [3.63, 3.8) is 0 Å². The Morgan fingerprint density at radius 1 is 1.24 bits per heavy atom. The van der Waals surface area contributed by atoms with Gasteiger partial charge in [-0.05, 0) is 55.6 Å². The second kappa shape index (κ2) is 10.6. The molecule has 200 valence electrons. The summed E-state index contributed by atoms with van der Waals surface area (Å²) >= 11 is 0. The van der Waals surface area contributed by atoms with Gasteiger partial charge in [0.2, 0.25) is 5.95 Å². The molecule has 2 saturated carbocycles. The van der Waals surface area contributed by atoms with Crippen LogP contribution in [0.3, 0.4) is 0 Å². The van der Waals surface area contributed by atoms with E-state index in [1.54, 1.807) is 6.07 Å². The van der Waals surface area contributed by atoms with Gasteiger partial charge in [-0.1, -0.05) is 12.1 Å². The monoisotopic (exact) mass is 533 g/mol. The first-order chi connectivity index (χ1) is 17.7. The van der Waals surface area contributed by atoms with E-state index < -0.39 is 13.4 Å². The zero-order chi connectivity index (χ0) is 26.2. The first-order valence-electron chi connectivity index (χ1n) is 12.7. The molecule has 1 saturated heterocycles. The summed E-state index contributed by atoms with van der Waals surface area (Å²) in [6, 6.07) is 4.52. The molecule has 0 spiro atoms. The number of amides is 1. The molecule has 12 heteroatoms. The molecule has 2 aliphatic carbocycles. The maximum atomic E-state index is 14.1. The van der Waals surface area contributed by atoms with Crippen LogP contribution in [-0.2, 0) is 22.2 Å². The first-order valence-corrected chi connectivity index (χ1v) is 14.7. The topological polar surface area (TPSA) is 137 Å². The number of carbonyl (C=O) groups is 1. The van der Waals surface area contributed by atoms with Crippen molar-refractivity contribution in [2.45, 2.75) is 57.4 Å². The fraction of sp³-hybridized carbons (Fsp3) is 0.560. The van der Waals surface area contributed by atoms with Gasteiger partial charge in [0.05, 0.1) is 12.7 Å². The van der Waals surface area contributed by atoms with E-state index in [2.05, 4.69) is 25.5 Å². The van der Waals surface area contributed by atoms with Crippen LogP contribution >= 0.6 is 7.60 Å². The molecule has 1 aromatic heterocycles. The Morgan fingerprint density at radius 3 is 2.62 bits per heavy atom. The second-order valence-electron chi connectivity index (χ2n) is 10.4. The summed E-state index contributed by atoms with van der Waals surface area (Å²) in [7, 11) is -3.54. The molecule has 10 nitrogen and oxygen atoms in total. The molecular formula is C25H33FN5O5P. The summed E-state index contributed by atoms with van der Waals surface area (Å²) in [6.45, 7) is 2.87. The average Bonchev–Trinajstić information content (AvgIpc) is 3.47. The van der Waals surface area contributed by atoms with Crippen molar-refractivity contribution in [1.29, 1.82) is 0 Å². The van der Waals surface area contributed by atoms with Gasteiger partial charge >= 0.3 is 7.60 Å². The maximum absolute atomic E-state index is 14.1. The summed E-state index contributed by atoms with van der Waals surface area (Å²) in [6.07, 6.45) is 4.91. The molecule has 3 aliphatic rings. The number of aliphatic hydroxyl groups is 1. The number of piperidine rings is 1. The number of nitrogens with zero attached hydrogens (tertiary/aromatic N) is 3. The van der Waals surface area contributed by atoms with E-state index in [0.29, 0.717) is 60.4 Å². The van der Waals surface area contributed by atoms with Crippen LogP contribution in [0.15, 0.2) is 24.4 Å². The van der Waals surface area contributed by atoms with Crippen LogP contribution in [0.4, 0.5) is 16.2 Å². The number of nitrogens with one attached hydrogen (secondary N) is 2. The van der Waals surface area contributed by atoms with Crippen molar-refractivity contribution in [1.82, 2.24) is 15.3 Å².